The molecule has 2 unspecified atom stereocenters. The van der Waals surface area contributed by atoms with Gasteiger partial charge in [-0.25, -0.2) is 0 Å². The fourth-order valence-corrected chi connectivity index (χ4v) is 1.68. The average Bonchev–Trinajstić information content (AvgIpc) is 2.30. The molecule has 4 heteroatoms. The van der Waals surface area contributed by atoms with Crippen molar-refractivity contribution in [2.45, 2.75) is 39.3 Å². The highest BCUT2D eigenvalue weighted by Gasteiger charge is 2.18. The van der Waals surface area contributed by atoms with Gasteiger partial charge in [0.05, 0.1) is 19.3 Å². The summed E-state index contributed by atoms with van der Waals surface area (Å²) in [6.45, 7) is 10.1. The first-order chi connectivity index (χ1) is 7.74. The SMILES string of the molecule is CCOCC(NCC1CCOCO1)C(C)C. The molecule has 1 saturated heterocycles. The summed E-state index contributed by atoms with van der Waals surface area (Å²) in [6, 6.07) is 0.409. The molecule has 2 atom stereocenters. The molecule has 4 nitrogen and oxygen atoms in total. The Hall–Kier alpha value is -0.160. The zero-order chi connectivity index (χ0) is 11.8. The van der Waals surface area contributed by atoms with Crippen molar-refractivity contribution >= 4 is 0 Å². The number of ether oxygens (including phenoxy) is 3. The molecular formula is C12H25NO3. The van der Waals surface area contributed by atoms with E-state index in [4.69, 9.17) is 14.2 Å². The van der Waals surface area contributed by atoms with Crippen molar-refractivity contribution in [1.29, 1.82) is 0 Å². The zero-order valence-electron chi connectivity index (χ0n) is 10.7. The molecule has 1 rings (SSSR count). The summed E-state index contributed by atoms with van der Waals surface area (Å²) in [5, 5.41) is 3.52. The highest BCUT2D eigenvalue weighted by atomic mass is 16.7. The van der Waals surface area contributed by atoms with Crippen LogP contribution in [0.25, 0.3) is 0 Å². The lowest BCUT2D eigenvalue weighted by Crippen LogP contribution is -2.44. The second-order valence-electron chi connectivity index (χ2n) is 4.52. The minimum absolute atomic E-state index is 0.289. The largest absolute Gasteiger partial charge is 0.380 e. The van der Waals surface area contributed by atoms with E-state index in [1.165, 1.54) is 0 Å². The van der Waals surface area contributed by atoms with Gasteiger partial charge in [-0.2, -0.15) is 0 Å². The summed E-state index contributed by atoms with van der Waals surface area (Å²) in [5.41, 5.74) is 0. The van der Waals surface area contributed by atoms with E-state index < -0.39 is 0 Å². The van der Waals surface area contributed by atoms with Crippen LogP contribution in [0.15, 0.2) is 0 Å². The quantitative estimate of drug-likeness (QED) is 0.719. The van der Waals surface area contributed by atoms with Crippen LogP contribution in [0.2, 0.25) is 0 Å². The maximum atomic E-state index is 5.49. The molecule has 1 aliphatic heterocycles. The lowest BCUT2D eigenvalue weighted by atomic mass is 10.0. The van der Waals surface area contributed by atoms with Crippen LogP contribution >= 0.6 is 0 Å². The van der Waals surface area contributed by atoms with Crippen LogP contribution < -0.4 is 5.32 Å². The Morgan fingerprint density at radius 1 is 1.44 bits per heavy atom. The molecular weight excluding hydrogens is 206 g/mol. The minimum atomic E-state index is 0.289. The first kappa shape index (κ1) is 13.9. The molecule has 0 spiro atoms. The Morgan fingerprint density at radius 3 is 2.81 bits per heavy atom. The van der Waals surface area contributed by atoms with E-state index in [-0.39, 0.29) is 6.10 Å². The summed E-state index contributed by atoms with van der Waals surface area (Å²) in [4.78, 5) is 0. The van der Waals surface area contributed by atoms with Crippen LogP contribution in [0, 0.1) is 5.92 Å². The Balaban J connectivity index is 2.19. The summed E-state index contributed by atoms with van der Waals surface area (Å²) < 4.78 is 16.1. The van der Waals surface area contributed by atoms with E-state index in [0.29, 0.717) is 18.8 Å². The van der Waals surface area contributed by atoms with Crippen LogP contribution in [0.4, 0.5) is 0 Å². The van der Waals surface area contributed by atoms with Gasteiger partial charge in [0.25, 0.3) is 0 Å². The minimum Gasteiger partial charge on any atom is -0.380 e. The van der Waals surface area contributed by atoms with E-state index in [1.807, 2.05) is 6.92 Å². The van der Waals surface area contributed by atoms with Gasteiger partial charge in [0.15, 0.2) is 0 Å². The molecule has 0 aliphatic carbocycles. The van der Waals surface area contributed by atoms with Crippen molar-refractivity contribution in [3.8, 4) is 0 Å². The molecule has 0 bridgehead atoms. The van der Waals surface area contributed by atoms with E-state index in [9.17, 15) is 0 Å². The molecule has 0 radical (unpaired) electrons. The van der Waals surface area contributed by atoms with Crippen molar-refractivity contribution in [3.63, 3.8) is 0 Å². The molecule has 0 saturated carbocycles. The molecule has 1 heterocycles. The van der Waals surface area contributed by atoms with E-state index >= 15 is 0 Å². The lowest BCUT2D eigenvalue weighted by Gasteiger charge is -2.27. The van der Waals surface area contributed by atoms with E-state index in [0.717, 1.165) is 32.8 Å². The lowest BCUT2D eigenvalue weighted by molar-refractivity contribution is -0.138. The average molecular weight is 231 g/mol. The first-order valence-corrected chi connectivity index (χ1v) is 6.24. The molecule has 16 heavy (non-hydrogen) atoms. The fourth-order valence-electron chi connectivity index (χ4n) is 1.68. The van der Waals surface area contributed by atoms with Gasteiger partial charge in [-0.15, -0.1) is 0 Å². The van der Waals surface area contributed by atoms with Crippen LogP contribution in [0.5, 0.6) is 0 Å². The summed E-state index contributed by atoms with van der Waals surface area (Å²) >= 11 is 0. The third-order valence-corrected chi connectivity index (χ3v) is 2.89. The topological polar surface area (TPSA) is 39.7 Å². The predicted octanol–water partition coefficient (Wildman–Crippen LogP) is 1.40. The fraction of sp³-hybridized carbons (Fsp3) is 1.00. The van der Waals surface area contributed by atoms with Crippen LogP contribution in [0.1, 0.15) is 27.2 Å². The Bertz CT molecular complexity index is 170. The van der Waals surface area contributed by atoms with Crippen molar-refractivity contribution in [1.82, 2.24) is 5.32 Å². The number of nitrogens with one attached hydrogen (secondary N) is 1. The van der Waals surface area contributed by atoms with Crippen LogP contribution in [-0.4, -0.2) is 45.3 Å². The van der Waals surface area contributed by atoms with Gasteiger partial charge in [0, 0.05) is 19.2 Å². The number of rotatable bonds is 7. The number of hydrogen-bond acceptors (Lipinski definition) is 4. The normalized spacial score (nSPS) is 23.6. The molecule has 1 fully saturated rings. The van der Waals surface area contributed by atoms with Gasteiger partial charge in [-0.05, 0) is 19.3 Å². The van der Waals surface area contributed by atoms with Crippen molar-refractivity contribution in [3.05, 3.63) is 0 Å². The molecule has 96 valence electrons. The standard InChI is InChI=1S/C12H25NO3/c1-4-14-8-12(10(2)3)13-7-11-5-6-15-9-16-11/h10-13H,4-9H2,1-3H3. The Kier molecular flexibility index (Phi) is 6.96. The second-order valence-corrected chi connectivity index (χ2v) is 4.52. The first-order valence-electron chi connectivity index (χ1n) is 6.24. The maximum Gasteiger partial charge on any atom is 0.147 e. The smallest absolute Gasteiger partial charge is 0.147 e. The zero-order valence-corrected chi connectivity index (χ0v) is 10.7. The molecule has 0 aromatic heterocycles. The molecule has 0 aromatic carbocycles. The second kappa shape index (κ2) is 8.01. The van der Waals surface area contributed by atoms with Gasteiger partial charge in [-0.3, -0.25) is 0 Å². The Labute approximate surface area is 98.6 Å². The van der Waals surface area contributed by atoms with Crippen LogP contribution in [-0.2, 0) is 14.2 Å². The molecule has 1 N–H and O–H groups in total. The van der Waals surface area contributed by atoms with Gasteiger partial charge in [0.2, 0.25) is 0 Å². The highest BCUT2D eigenvalue weighted by molar-refractivity contribution is 4.73. The van der Waals surface area contributed by atoms with Gasteiger partial charge >= 0.3 is 0 Å². The van der Waals surface area contributed by atoms with Crippen LogP contribution in [0.3, 0.4) is 0 Å². The van der Waals surface area contributed by atoms with Crippen molar-refractivity contribution in [2.75, 3.05) is 33.2 Å². The van der Waals surface area contributed by atoms with Crippen molar-refractivity contribution < 1.29 is 14.2 Å². The number of hydrogen-bond donors (Lipinski definition) is 1. The molecule has 1 aliphatic rings. The highest BCUT2D eigenvalue weighted by Crippen LogP contribution is 2.07. The maximum absolute atomic E-state index is 5.49. The van der Waals surface area contributed by atoms with E-state index in [1.54, 1.807) is 0 Å². The van der Waals surface area contributed by atoms with Gasteiger partial charge in [-0.1, -0.05) is 13.8 Å². The predicted molar refractivity (Wildman–Crippen MR) is 63.4 cm³/mol. The van der Waals surface area contributed by atoms with Gasteiger partial charge in [0.1, 0.15) is 6.79 Å². The molecule has 0 aromatic rings. The van der Waals surface area contributed by atoms with E-state index in [2.05, 4.69) is 19.2 Å². The molecule has 0 amide bonds. The third-order valence-electron chi connectivity index (χ3n) is 2.89. The Morgan fingerprint density at radius 2 is 2.25 bits per heavy atom. The summed E-state index contributed by atoms with van der Waals surface area (Å²) in [5.74, 6) is 0.575. The van der Waals surface area contributed by atoms with Crippen molar-refractivity contribution in [2.24, 2.45) is 5.92 Å². The van der Waals surface area contributed by atoms with Gasteiger partial charge < -0.3 is 19.5 Å². The summed E-state index contributed by atoms with van der Waals surface area (Å²) in [7, 11) is 0. The monoisotopic (exact) mass is 231 g/mol. The third kappa shape index (κ3) is 5.25. The summed E-state index contributed by atoms with van der Waals surface area (Å²) in [6.07, 6.45) is 1.27.